The molecule has 1 saturated carbocycles. The molecule has 7 heteroatoms. The average Bonchev–Trinajstić information content (AvgIpc) is 3.02. The molecule has 1 aliphatic rings. The molecule has 4 rings (SSSR count). The molecule has 1 fully saturated rings. The van der Waals surface area contributed by atoms with Gasteiger partial charge in [0.25, 0.3) is 0 Å². The number of nitrogens with zero attached hydrogens (tertiary/aromatic N) is 5. The normalized spacial score (nSPS) is 19.0. The number of aromatic nitrogens is 4. The summed E-state index contributed by atoms with van der Waals surface area (Å²) >= 11 is 0. The van der Waals surface area contributed by atoms with Gasteiger partial charge in [-0.05, 0) is 58.9 Å². The molecule has 7 nitrogen and oxygen atoms in total. The molecule has 0 bridgehead atoms. The van der Waals surface area contributed by atoms with Crippen molar-refractivity contribution < 1.29 is 0 Å². The van der Waals surface area contributed by atoms with E-state index in [0.717, 1.165) is 46.7 Å². The molecule has 0 atom stereocenters. The van der Waals surface area contributed by atoms with E-state index in [-0.39, 0.29) is 0 Å². The molecule has 1 aliphatic carbocycles. The van der Waals surface area contributed by atoms with E-state index in [9.17, 15) is 0 Å². The Labute approximate surface area is 159 Å². The lowest BCUT2D eigenvalue weighted by molar-refractivity contribution is 0.325. The number of fused-ring (bicyclic) bond motifs is 1. The summed E-state index contributed by atoms with van der Waals surface area (Å²) in [6.45, 7) is 5.96. The van der Waals surface area contributed by atoms with Crippen molar-refractivity contribution in [2.24, 2.45) is 4.99 Å². The first-order valence-electron chi connectivity index (χ1n) is 9.31. The Morgan fingerprint density at radius 3 is 2.70 bits per heavy atom. The SMILES string of the molecule is CNC1CC(Nc2ncc3c(-c4ccc(N=C(C)C)c(C)n4)ccn3n2)C1. The molecule has 27 heavy (non-hydrogen) atoms. The van der Waals surface area contributed by atoms with Crippen molar-refractivity contribution in [3.8, 4) is 11.3 Å². The number of nitrogens with one attached hydrogen (secondary N) is 2. The molecule has 3 aromatic heterocycles. The largest absolute Gasteiger partial charge is 0.350 e. The molecular weight excluding hydrogens is 338 g/mol. The summed E-state index contributed by atoms with van der Waals surface area (Å²) in [6, 6.07) is 7.09. The van der Waals surface area contributed by atoms with Crippen LogP contribution in [0.5, 0.6) is 0 Å². The van der Waals surface area contributed by atoms with Crippen LogP contribution < -0.4 is 10.6 Å². The van der Waals surface area contributed by atoms with Gasteiger partial charge in [-0.1, -0.05) is 0 Å². The Balaban J connectivity index is 1.58. The van der Waals surface area contributed by atoms with Crippen molar-refractivity contribution in [3.05, 3.63) is 36.3 Å². The van der Waals surface area contributed by atoms with E-state index >= 15 is 0 Å². The maximum atomic E-state index is 4.73. The van der Waals surface area contributed by atoms with Gasteiger partial charge in [-0.2, -0.15) is 0 Å². The second-order valence-corrected chi connectivity index (χ2v) is 7.30. The molecule has 0 saturated heterocycles. The van der Waals surface area contributed by atoms with E-state index in [1.807, 2.05) is 62.9 Å². The van der Waals surface area contributed by atoms with Crippen LogP contribution in [-0.4, -0.2) is 44.4 Å². The van der Waals surface area contributed by atoms with E-state index in [2.05, 4.69) is 25.7 Å². The van der Waals surface area contributed by atoms with E-state index in [1.54, 1.807) is 0 Å². The summed E-state index contributed by atoms with van der Waals surface area (Å²) in [5, 5.41) is 11.3. The Bertz CT molecular complexity index is 995. The summed E-state index contributed by atoms with van der Waals surface area (Å²) in [5.41, 5.74) is 5.71. The molecular formula is C20H25N7. The molecule has 0 radical (unpaired) electrons. The fraction of sp³-hybridized carbons (Fsp3) is 0.400. The fourth-order valence-electron chi connectivity index (χ4n) is 3.40. The van der Waals surface area contributed by atoms with Gasteiger partial charge in [0.2, 0.25) is 5.95 Å². The van der Waals surface area contributed by atoms with Crippen LogP contribution in [0.15, 0.2) is 35.6 Å². The third kappa shape index (κ3) is 3.55. The van der Waals surface area contributed by atoms with Gasteiger partial charge in [-0.3, -0.25) is 9.98 Å². The summed E-state index contributed by atoms with van der Waals surface area (Å²) in [6.07, 6.45) is 6.01. The van der Waals surface area contributed by atoms with Gasteiger partial charge in [0.15, 0.2) is 0 Å². The quantitative estimate of drug-likeness (QED) is 0.680. The third-order valence-corrected chi connectivity index (χ3v) is 4.97. The van der Waals surface area contributed by atoms with Crippen LogP contribution in [-0.2, 0) is 0 Å². The van der Waals surface area contributed by atoms with Gasteiger partial charge in [-0.15, -0.1) is 5.10 Å². The predicted octanol–water partition coefficient (Wildman–Crippen LogP) is 3.37. The minimum Gasteiger partial charge on any atom is -0.350 e. The summed E-state index contributed by atoms with van der Waals surface area (Å²) in [4.78, 5) is 13.8. The van der Waals surface area contributed by atoms with Crippen LogP contribution in [0.2, 0.25) is 0 Å². The molecule has 0 aromatic carbocycles. The van der Waals surface area contributed by atoms with E-state index in [1.165, 1.54) is 0 Å². The Kier molecular flexibility index (Phi) is 4.61. The van der Waals surface area contributed by atoms with Crippen molar-refractivity contribution in [1.82, 2.24) is 24.9 Å². The zero-order chi connectivity index (χ0) is 19.0. The highest BCUT2D eigenvalue weighted by atomic mass is 15.3. The number of aliphatic imine (C=N–C) groups is 1. The molecule has 3 heterocycles. The second-order valence-electron chi connectivity index (χ2n) is 7.30. The molecule has 2 N–H and O–H groups in total. The number of hydrogen-bond donors (Lipinski definition) is 2. The van der Waals surface area contributed by atoms with Crippen molar-refractivity contribution in [3.63, 3.8) is 0 Å². The van der Waals surface area contributed by atoms with Crippen molar-refractivity contribution >= 4 is 22.9 Å². The zero-order valence-electron chi connectivity index (χ0n) is 16.2. The van der Waals surface area contributed by atoms with Gasteiger partial charge in [-0.25, -0.2) is 9.50 Å². The minimum atomic E-state index is 0.439. The molecule has 0 spiro atoms. The first-order chi connectivity index (χ1) is 13.0. The molecule has 3 aromatic rings. The molecule has 0 unspecified atom stereocenters. The van der Waals surface area contributed by atoms with Crippen LogP contribution in [0.4, 0.5) is 11.6 Å². The van der Waals surface area contributed by atoms with Crippen LogP contribution in [0, 0.1) is 6.92 Å². The van der Waals surface area contributed by atoms with E-state index < -0.39 is 0 Å². The molecule has 0 amide bonds. The lowest BCUT2D eigenvalue weighted by Gasteiger charge is -2.35. The highest BCUT2D eigenvalue weighted by Gasteiger charge is 2.28. The Hall–Kier alpha value is -2.80. The molecule has 140 valence electrons. The lowest BCUT2D eigenvalue weighted by atomic mass is 9.87. The predicted molar refractivity (Wildman–Crippen MR) is 109 cm³/mol. The van der Waals surface area contributed by atoms with Gasteiger partial charge in [0, 0.05) is 29.6 Å². The molecule has 0 aliphatic heterocycles. The second kappa shape index (κ2) is 7.08. The maximum absolute atomic E-state index is 4.73. The average molecular weight is 363 g/mol. The topological polar surface area (TPSA) is 79.5 Å². The zero-order valence-corrected chi connectivity index (χ0v) is 16.2. The first-order valence-corrected chi connectivity index (χ1v) is 9.31. The number of anilines is 1. The third-order valence-electron chi connectivity index (χ3n) is 4.97. The van der Waals surface area contributed by atoms with Crippen LogP contribution in [0.25, 0.3) is 16.8 Å². The van der Waals surface area contributed by atoms with Crippen LogP contribution in [0.1, 0.15) is 32.4 Å². The smallest absolute Gasteiger partial charge is 0.241 e. The number of rotatable bonds is 5. The summed E-state index contributed by atoms with van der Waals surface area (Å²) in [5.74, 6) is 0.663. The maximum Gasteiger partial charge on any atom is 0.241 e. The van der Waals surface area contributed by atoms with Crippen molar-refractivity contribution in [2.75, 3.05) is 12.4 Å². The fourth-order valence-corrected chi connectivity index (χ4v) is 3.40. The minimum absolute atomic E-state index is 0.439. The van der Waals surface area contributed by atoms with Crippen molar-refractivity contribution in [1.29, 1.82) is 0 Å². The first kappa shape index (κ1) is 17.6. The standard InChI is InChI=1S/C20H25N7/c1-12(2)23-17-5-6-18(24-13(17)3)16-7-8-27-19(16)11-22-20(26-27)25-15-9-14(10-15)21-4/h5-8,11,14-15,21H,9-10H2,1-4H3,(H,25,26). The van der Waals surface area contributed by atoms with Crippen molar-refractivity contribution in [2.45, 2.75) is 45.7 Å². The lowest BCUT2D eigenvalue weighted by Crippen LogP contribution is -2.46. The van der Waals surface area contributed by atoms with E-state index in [4.69, 9.17) is 4.98 Å². The summed E-state index contributed by atoms with van der Waals surface area (Å²) in [7, 11) is 2.00. The van der Waals surface area contributed by atoms with Gasteiger partial charge in [0.05, 0.1) is 28.8 Å². The number of hydrogen-bond acceptors (Lipinski definition) is 6. The van der Waals surface area contributed by atoms with Gasteiger partial charge in [0.1, 0.15) is 0 Å². The number of aryl methyl sites for hydroxylation is 1. The summed E-state index contributed by atoms with van der Waals surface area (Å²) < 4.78 is 1.86. The highest BCUT2D eigenvalue weighted by Crippen LogP contribution is 2.28. The van der Waals surface area contributed by atoms with Crippen LogP contribution >= 0.6 is 0 Å². The Morgan fingerprint density at radius 1 is 1.19 bits per heavy atom. The highest BCUT2D eigenvalue weighted by molar-refractivity contribution is 5.83. The van der Waals surface area contributed by atoms with E-state index in [0.29, 0.717) is 18.0 Å². The van der Waals surface area contributed by atoms with Gasteiger partial charge >= 0.3 is 0 Å². The van der Waals surface area contributed by atoms with Crippen LogP contribution in [0.3, 0.4) is 0 Å². The monoisotopic (exact) mass is 363 g/mol. The Morgan fingerprint density at radius 2 is 2.00 bits per heavy atom. The number of pyridine rings is 1. The van der Waals surface area contributed by atoms with Gasteiger partial charge < -0.3 is 10.6 Å².